The third-order valence-corrected chi connectivity index (χ3v) is 4.58. The Kier molecular flexibility index (Phi) is 1.22. The first-order chi connectivity index (χ1) is 6.95. The van der Waals surface area contributed by atoms with E-state index in [-0.39, 0.29) is 0 Å². The van der Waals surface area contributed by atoms with Gasteiger partial charge in [0.05, 0.1) is 0 Å². The topological polar surface area (TPSA) is 12.0 Å². The average molecular weight is 185 g/mol. The molecule has 0 unspecified atom stereocenters. The van der Waals surface area contributed by atoms with Gasteiger partial charge in [-0.1, -0.05) is 24.6 Å². The third-order valence-electron chi connectivity index (χ3n) is 4.58. The number of hydrogen-bond acceptors (Lipinski definition) is 1. The molecule has 0 radical (unpaired) electrons. The maximum atomic E-state index is 3.71. The molecule has 1 heterocycles. The molecular formula is C13H15N. The van der Waals surface area contributed by atoms with E-state index in [1.54, 1.807) is 5.56 Å². The summed E-state index contributed by atoms with van der Waals surface area (Å²) in [6.07, 6.45) is 4.40. The van der Waals surface area contributed by atoms with Gasteiger partial charge in [-0.3, -0.25) is 0 Å². The second kappa shape index (κ2) is 2.33. The Morgan fingerprint density at radius 1 is 1.07 bits per heavy atom. The van der Waals surface area contributed by atoms with Crippen molar-refractivity contribution < 1.29 is 0 Å². The Labute approximate surface area is 84.5 Å². The number of para-hydroxylation sites is 1. The molecule has 3 aliphatic rings. The molecule has 1 N–H and O–H groups in total. The average Bonchev–Trinajstić information content (AvgIpc) is 2.72. The number of benzene rings is 1. The number of nitrogens with one attached hydrogen (secondary N) is 1. The predicted molar refractivity (Wildman–Crippen MR) is 57.4 cm³/mol. The highest BCUT2D eigenvalue weighted by Gasteiger charge is 2.55. The quantitative estimate of drug-likeness (QED) is 0.655. The number of anilines is 1. The monoisotopic (exact) mass is 185 g/mol. The summed E-state index contributed by atoms with van der Waals surface area (Å²) in [6.45, 7) is 0. The normalized spacial score (nSPS) is 42.0. The van der Waals surface area contributed by atoms with Crippen LogP contribution in [-0.4, -0.2) is 6.04 Å². The summed E-state index contributed by atoms with van der Waals surface area (Å²) in [6, 6.07) is 9.68. The van der Waals surface area contributed by atoms with E-state index in [0.717, 1.165) is 23.8 Å². The highest BCUT2D eigenvalue weighted by atomic mass is 15.0. The molecule has 1 heteroatoms. The number of rotatable bonds is 0. The van der Waals surface area contributed by atoms with Crippen LogP contribution in [0.25, 0.3) is 0 Å². The minimum absolute atomic E-state index is 0.792. The molecule has 1 nitrogen and oxygen atoms in total. The van der Waals surface area contributed by atoms with Crippen molar-refractivity contribution in [1.82, 2.24) is 0 Å². The van der Waals surface area contributed by atoms with Gasteiger partial charge in [-0.15, -0.1) is 0 Å². The number of fused-ring (bicyclic) bond motifs is 6. The van der Waals surface area contributed by atoms with Gasteiger partial charge in [0.25, 0.3) is 0 Å². The summed E-state index contributed by atoms with van der Waals surface area (Å²) >= 11 is 0. The standard InChI is InChI=1S/C13H15N/c1-2-7-11-10(4-1)12-8-5-3-6-9(8)13(12)14-11/h1-2,4,7-9,12-14H,3,5-6H2/t8-,9+,12+,13+/m1/s1. The molecule has 4 rings (SSSR count). The van der Waals surface area contributed by atoms with Crippen molar-refractivity contribution in [3.05, 3.63) is 29.8 Å². The van der Waals surface area contributed by atoms with Crippen LogP contribution >= 0.6 is 0 Å². The minimum Gasteiger partial charge on any atom is -0.381 e. The van der Waals surface area contributed by atoms with Gasteiger partial charge in [0, 0.05) is 17.6 Å². The van der Waals surface area contributed by atoms with E-state index in [0.29, 0.717) is 0 Å². The second-order valence-electron chi connectivity index (χ2n) is 5.04. The zero-order valence-electron chi connectivity index (χ0n) is 8.24. The maximum absolute atomic E-state index is 3.71. The SMILES string of the molecule is c1ccc2c(c1)N[C@H]1[C@H]3CCC[C@H]3[C@@H]21. The molecule has 0 bridgehead atoms. The van der Waals surface area contributed by atoms with E-state index < -0.39 is 0 Å². The van der Waals surface area contributed by atoms with Crippen molar-refractivity contribution in [3.8, 4) is 0 Å². The van der Waals surface area contributed by atoms with E-state index in [1.807, 2.05) is 0 Å². The van der Waals surface area contributed by atoms with E-state index in [2.05, 4.69) is 29.6 Å². The second-order valence-corrected chi connectivity index (χ2v) is 5.04. The molecule has 4 atom stereocenters. The van der Waals surface area contributed by atoms with Gasteiger partial charge >= 0.3 is 0 Å². The summed E-state index contributed by atoms with van der Waals surface area (Å²) < 4.78 is 0. The maximum Gasteiger partial charge on any atom is 0.0378 e. The van der Waals surface area contributed by atoms with Crippen molar-refractivity contribution in [2.24, 2.45) is 11.8 Å². The van der Waals surface area contributed by atoms with Crippen LogP contribution in [0.3, 0.4) is 0 Å². The van der Waals surface area contributed by atoms with Crippen molar-refractivity contribution in [2.75, 3.05) is 5.32 Å². The summed E-state index contributed by atoms with van der Waals surface area (Å²) in [7, 11) is 0. The molecule has 0 aromatic heterocycles. The van der Waals surface area contributed by atoms with Gasteiger partial charge < -0.3 is 5.32 Å². The molecule has 2 aliphatic carbocycles. The summed E-state index contributed by atoms with van der Waals surface area (Å²) in [5.74, 6) is 2.86. The van der Waals surface area contributed by atoms with Crippen molar-refractivity contribution in [3.63, 3.8) is 0 Å². The fourth-order valence-corrected chi connectivity index (χ4v) is 4.02. The van der Waals surface area contributed by atoms with Crippen LogP contribution in [0.2, 0.25) is 0 Å². The first kappa shape index (κ1) is 7.33. The van der Waals surface area contributed by atoms with Crippen LogP contribution in [0.4, 0.5) is 5.69 Å². The lowest BCUT2D eigenvalue weighted by Crippen LogP contribution is -2.47. The lowest BCUT2D eigenvalue weighted by molar-refractivity contribution is 0.153. The largest absolute Gasteiger partial charge is 0.381 e. The van der Waals surface area contributed by atoms with Crippen LogP contribution in [0.15, 0.2) is 24.3 Å². The predicted octanol–water partition coefficient (Wildman–Crippen LogP) is 2.99. The first-order valence-electron chi connectivity index (χ1n) is 5.80. The molecule has 14 heavy (non-hydrogen) atoms. The van der Waals surface area contributed by atoms with E-state index >= 15 is 0 Å². The Morgan fingerprint density at radius 2 is 1.93 bits per heavy atom. The fourth-order valence-electron chi connectivity index (χ4n) is 4.02. The molecule has 1 aliphatic heterocycles. The number of hydrogen-bond donors (Lipinski definition) is 1. The highest BCUT2D eigenvalue weighted by molar-refractivity contribution is 5.62. The molecule has 2 saturated carbocycles. The van der Waals surface area contributed by atoms with Crippen LogP contribution in [0, 0.1) is 11.8 Å². The molecular weight excluding hydrogens is 170 g/mol. The zero-order chi connectivity index (χ0) is 9.12. The van der Waals surface area contributed by atoms with Crippen molar-refractivity contribution in [2.45, 2.75) is 31.2 Å². The summed E-state index contributed by atoms with van der Waals surface area (Å²) in [5.41, 5.74) is 3.01. The molecule has 1 aromatic rings. The van der Waals surface area contributed by atoms with Gasteiger partial charge in [0.2, 0.25) is 0 Å². The van der Waals surface area contributed by atoms with E-state index in [1.165, 1.54) is 24.9 Å². The third kappa shape index (κ3) is 0.691. The van der Waals surface area contributed by atoms with Gasteiger partial charge in [-0.25, -0.2) is 0 Å². The molecule has 0 spiro atoms. The molecule has 1 aromatic carbocycles. The smallest absolute Gasteiger partial charge is 0.0378 e. The van der Waals surface area contributed by atoms with Crippen LogP contribution in [0.1, 0.15) is 30.7 Å². The van der Waals surface area contributed by atoms with Gasteiger partial charge in [-0.05, 0) is 36.3 Å². The highest BCUT2D eigenvalue weighted by Crippen LogP contribution is 2.61. The van der Waals surface area contributed by atoms with Crippen molar-refractivity contribution >= 4 is 5.69 Å². The van der Waals surface area contributed by atoms with Crippen LogP contribution < -0.4 is 5.32 Å². The minimum atomic E-state index is 0.792. The van der Waals surface area contributed by atoms with Crippen LogP contribution in [0.5, 0.6) is 0 Å². The molecule has 72 valence electrons. The van der Waals surface area contributed by atoms with Crippen LogP contribution in [-0.2, 0) is 0 Å². The van der Waals surface area contributed by atoms with Gasteiger partial charge in [0.1, 0.15) is 0 Å². The molecule has 0 saturated heterocycles. The lowest BCUT2D eigenvalue weighted by Gasteiger charge is -2.45. The van der Waals surface area contributed by atoms with Gasteiger partial charge in [0.15, 0.2) is 0 Å². The lowest BCUT2D eigenvalue weighted by atomic mass is 9.62. The molecule has 2 fully saturated rings. The van der Waals surface area contributed by atoms with E-state index in [9.17, 15) is 0 Å². The Balaban J connectivity index is 1.80. The summed E-state index contributed by atoms with van der Waals surface area (Å²) in [4.78, 5) is 0. The first-order valence-corrected chi connectivity index (χ1v) is 5.80. The van der Waals surface area contributed by atoms with Crippen molar-refractivity contribution in [1.29, 1.82) is 0 Å². The van der Waals surface area contributed by atoms with E-state index in [4.69, 9.17) is 0 Å². The Morgan fingerprint density at radius 3 is 2.93 bits per heavy atom. The Bertz CT molecular complexity index is 385. The Hall–Kier alpha value is -0.980. The van der Waals surface area contributed by atoms with Gasteiger partial charge in [-0.2, -0.15) is 0 Å². The zero-order valence-corrected chi connectivity index (χ0v) is 8.24. The fraction of sp³-hybridized carbons (Fsp3) is 0.538. The summed E-state index contributed by atoms with van der Waals surface area (Å²) in [5, 5.41) is 3.71. The molecule has 0 amide bonds.